The zero-order valence-corrected chi connectivity index (χ0v) is 22.2. The highest BCUT2D eigenvalue weighted by molar-refractivity contribution is 6.36. The highest BCUT2D eigenvalue weighted by Crippen LogP contribution is 2.36. The maximum Gasteiger partial charge on any atom is 0.210 e. The van der Waals surface area contributed by atoms with Gasteiger partial charge >= 0.3 is 0 Å². The average Bonchev–Trinajstić information content (AvgIpc) is 3.62. The highest BCUT2D eigenvalue weighted by atomic mass is 35.5. The van der Waals surface area contributed by atoms with Gasteiger partial charge in [-0.3, -0.25) is 4.68 Å². The molecule has 0 spiro atoms. The molecule has 6 rings (SSSR count). The van der Waals surface area contributed by atoms with Crippen molar-refractivity contribution in [2.24, 2.45) is 7.05 Å². The van der Waals surface area contributed by atoms with Crippen LogP contribution in [0.3, 0.4) is 0 Å². The molecule has 1 aliphatic heterocycles. The summed E-state index contributed by atoms with van der Waals surface area (Å²) in [6.45, 7) is 8.69. The van der Waals surface area contributed by atoms with Crippen molar-refractivity contribution < 1.29 is 4.74 Å². The Morgan fingerprint density at radius 1 is 1.14 bits per heavy atom. The number of nitrogens with one attached hydrogen (secondary N) is 1. The molecule has 1 saturated heterocycles. The molecule has 1 aliphatic rings. The highest BCUT2D eigenvalue weighted by Gasteiger charge is 2.29. The molecule has 0 aliphatic carbocycles. The molecule has 0 saturated carbocycles. The maximum atomic E-state index is 6.78. The number of hydrogen-bond acceptors (Lipinski definition) is 8. The molecule has 192 valence electrons. The van der Waals surface area contributed by atoms with Gasteiger partial charge in [-0.25, -0.2) is 14.5 Å². The summed E-state index contributed by atoms with van der Waals surface area (Å²) in [6.07, 6.45) is 7.70. The molecule has 1 fully saturated rings. The predicted octanol–water partition coefficient (Wildman–Crippen LogP) is 4.57. The van der Waals surface area contributed by atoms with Crippen LogP contribution < -0.4 is 10.1 Å². The van der Waals surface area contributed by atoms with Crippen LogP contribution in [-0.2, 0) is 12.5 Å². The number of halogens is 1. The van der Waals surface area contributed by atoms with Crippen molar-refractivity contribution in [3.05, 3.63) is 47.6 Å². The SMILES string of the molecule is CN1CC[C@@H](n2nc(Nc3nc4ncc(Oc5cnn6ccnc6c5)c(Cl)c4n3C)cc2C(C)(C)C)C1. The number of fused-ring (bicyclic) bond motifs is 2. The molecule has 0 bridgehead atoms. The number of ether oxygens (including phenoxy) is 1. The van der Waals surface area contributed by atoms with Gasteiger partial charge in [0.05, 0.1) is 18.4 Å². The van der Waals surface area contributed by atoms with Gasteiger partial charge in [-0.1, -0.05) is 32.4 Å². The standard InChI is InChI=1S/C25H29ClN10O/c1-25(2,3)18-11-19(32-36(18)15-6-8-33(4)14-15)30-24-31-23-22(34(24)5)21(26)17(13-28-23)37-16-10-20-27-7-9-35(20)29-12-16/h7,9-13,15H,6,8,14H2,1-5H3,(H,28,30,31,32)/t15-/m1/s1. The summed E-state index contributed by atoms with van der Waals surface area (Å²) in [5.74, 6) is 2.26. The van der Waals surface area contributed by atoms with Crippen molar-refractivity contribution in [2.45, 2.75) is 38.6 Å². The summed E-state index contributed by atoms with van der Waals surface area (Å²) in [5.41, 5.74) is 2.98. The molecule has 12 heteroatoms. The molecule has 6 heterocycles. The van der Waals surface area contributed by atoms with E-state index in [1.54, 1.807) is 35.4 Å². The lowest BCUT2D eigenvalue weighted by Gasteiger charge is -2.23. The first kappa shape index (κ1) is 23.7. The minimum atomic E-state index is -0.0498. The zero-order chi connectivity index (χ0) is 25.9. The Morgan fingerprint density at radius 3 is 2.73 bits per heavy atom. The Kier molecular flexibility index (Phi) is 5.57. The molecule has 1 N–H and O–H groups in total. The van der Waals surface area contributed by atoms with Crippen LogP contribution in [0, 0.1) is 0 Å². The van der Waals surface area contributed by atoms with Crippen molar-refractivity contribution in [3.63, 3.8) is 0 Å². The van der Waals surface area contributed by atoms with Gasteiger partial charge in [0.1, 0.15) is 10.5 Å². The van der Waals surface area contributed by atoms with Crippen LogP contribution in [0.1, 0.15) is 38.9 Å². The quantitative estimate of drug-likeness (QED) is 0.359. The number of pyridine rings is 1. The van der Waals surface area contributed by atoms with Crippen molar-refractivity contribution in [1.29, 1.82) is 0 Å². The van der Waals surface area contributed by atoms with Gasteiger partial charge in [0, 0.05) is 49.2 Å². The monoisotopic (exact) mass is 520 g/mol. The Labute approximate surface area is 219 Å². The smallest absolute Gasteiger partial charge is 0.210 e. The van der Waals surface area contributed by atoms with E-state index in [4.69, 9.17) is 21.4 Å². The number of likely N-dealkylation sites (N-methyl/N-ethyl adjacent to an activating group) is 1. The second-order valence-corrected chi connectivity index (χ2v) is 10.9. The second-order valence-electron chi connectivity index (χ2n) is 10.6. The molecule has 0 unspecified atom stereocenters. The molecule has 5 aromatic rings. The first-order valence-electron chi connectivity index (χ1n) is 12.2. The van der Waals surface area contributed by atoms with E-state index in [0.29, 0.717) is 45.3 Å². The number of imidazole rings is 2. The number of anilines is 2. The summed E-state index contributed by atoms with van der Waals surface area (Å²) in [6, 6.07) is 4.25. The van der Waals surface area contributed by atoms with E-state index >= 15 is 0 Å². The molecular formula is C25H29ClN10O. The molecule has 11 nitrogen and oxygen atoms in total. The molecule has 0 amide bonds. The Morgan fingerprint density at radius 2 is 1.97 bits per heavy atom. The van der Waals surface area contributed by atoms with E-state index in [1.807, 2.05) is 11.6 Å². The summed E-state index contributed by atoms with van der Waals surface area (Å²) in [5, 5.41) is 13.0. The van der Waals surface area contributed by atoms with Gasteiger partial charge in [-0.05, 0) is 20.0 Å². The topological polar surface area (TPSA) is 103 Å². The minimum Gasteiger partial charge on any atom is -0.452 e. The van der Waals surface area contributed by atoms with E-state index in [-0.39, 0.29) is 5.41 Å². The molecule has 0 aromatic carbocycles. The number of rotatable bonds is 5. The average molecular weight is 521 g/mol. The summed E-state index contributed by atoms with van der Waals surface area (Å²) >= 11 is 6.78. The van der Waals surface area contributed by atoms with Crippen LogP contribution in [0.25, 0.3) is 16.8 Å². The van der Waals surface area contributed by atoms with Crippen LogP contribution in [0.5, 0.6) is 11.5 Å². The third kappa shape index (κ3) is 4.27. The molecule has 0 radical (unpaired) electrons. The van der Waals surface area contributed by atoms with Crippen molar-refractivity contribution in [3.8, 4) is 11.5 Å². The van der Waals surface area contributed by atoms with E-state index in [1.165, 1.54) is 5.69 Å². The van der Waals surface area contributed by atoms with Crippen LogP contribution in [0.4, 0.5) is 11.8 Å². The van der Waals surface area contributed by atoms with E-state index in [9.17, 15) is 0 Å². The predicted molar refractivity (Wildman–Crippen MR) is 142 cm³/mol. The zero-order valence-electron chi connectivity index (χ0n) is 21.5. The summed E-state index contributed by atoms with van der Waals surface area (Å²) in [7, 11) is 4.04. The van der Waals surface area contributed by atoms with E-state index in [0.717, 1.165) is 25.3 Å². The largest absolute Gasteiger partial charge is 0.452 e. The van der Waals surface area contributed by atoms with E-state index in [2.05, 4.69) is 68.8 Å². The number of nitrogens with zero attached hydrogens (tertiary/aromatic N) is 9. The van der Waals surface area contributed by atoms with Crippen LogP contribution in [-0.4, -0.2) is 64.0 Å². The minimum absolute atomic E-state index is 0.0498. The fraction of sp³-hybridized carbons (Fsp3) is 0.400. The molecule has 5 aromatic heterocycles. The van der Waals surface area contributed by atoms with Gasteiger partial charge in [0.15, 0.2) is 28.6 Å². The lowest BCUT2D eigenvalue weighted by Crippen LogP contribution is -2.24. The first-order chi connectivity index (χ1) is 17.7. The molecule has 37 heavy (non-hydrogen) atoms. The van der Waals surface area contributed by atoms with Crippen molar-refractivity contribution in [1.82, 2.24) is 43.8 Å². The van der Waals surface area contributed by atoms with Crippen LogP contribution >= 0.6 is 11.6 Å². The third-order valence-electron chi connectivity index (χ3n) is 6.72. The number of hydrogen-bond donors (Lipinski definition) is 1. The second kappa shape index (κ2) is 8.70. The number of aromatic nitrogens is 8. The van der Waals surface area contributed by atoms with Crippen LogP contribution in [0.15, 0.2) is 36.9 Å². The van der Waals surface area contributed by atoms with Crippen molar-refractivity contribution in [2.75, 3.05) is 25.5 Å². The lowest BCUT2D eigenvalue weighted by molar-refractivity contribution is 0.366. The van der Waals surface area contributed by atoms with Crippen LogP contribution in [0.2, 0.25) is 5.02 Å². The number of aryl methyl sites for hydroxylation is 1. The molecule has 1 atom stereocenters. The fourth-order valence-electron chi connectivity index (χ4n) is 4.79. The van der Waals surface area contributed by atoms with Crippen molar-refractivity contribution >= 4 is 40.2 Å². The van der Waals surface area contributed by atoms with Gasteiger partial charge in [-0.2, -0.15) is 15.2 Å². The third-order valence-corrected chi connectivity index (χ3v) is 7.08. The van der Waals surface area contributed by atoms with Gasteiger partial charge < -0.3 is 19.5 Å². The maximum absolute atomic E-state index is 6.78. The van der Waals surface area contributed by atoms with Gasteiger partial charge in [-0.15, -0.1) is 0 Å². The lowest BCUT2D eigenvalue weighted by atomic mass is 9.91. The van der Waals surface area contributed by atoms with Gasteiger partial charge in [0.25, 0.3) is 0 Å². The van der Waals surface area contributed by atoms with Gasteiger partial charge in [0.2, 0.25) is 5.95 Å². The van der Waals surface area contributed by atoms with E-state index < -0.39 is 0 Å². The first-order valence-corrected chi connectivity index (χ1v) is 12.6. The molecular weight excluding hydrogens is 492 g/mol. The Balaban J connectivity index is 1.32. The number of likely N-dealkylation sites (tertiary alicyclic amines) is 1. The Bertz CT molecular complexity index is 1610. The fourth-order valence-corrected chi connectivity index (χ4v) is 5.09. The summed E-state index contributed by atoms with van der Waals surface area (Å²) < 4.78 is 11.7. The summed E-state index contributed by atoms with van der Waals surface area (Å²) in [4.78, 5) is 15.8. The Hall–Kier alpha value is -3.70. The normalized spacial score (nSPS) is 16.8.